The molecule has 0 aromatic carbocycles. The minimum Gasteiger partial charge on any atom is -0.464 e. The second-order valence-corrected chi connectivity index (χ2v) is 9.30. The average Bonchev–Trinajstić information content (AvgIpc) is 3.33. The molecule has 1 amide bonds. The number of carbonyl (C=O) groups is 1. The maximum atomic E-state index is 13.0. The summed E-state index contributed by atoms with van der Waals surface area (Å²) in [6, 6.07) is 6.10. The second-order valence-electron chi connectivity index (χ2n) is 9.30. The van der Waals surface area contributed by atoms with Crippen molar-refractivity contribution >= 4 is 16.9 Å². The Labute approximate surface area is 169 Å². The van der Waals surface area contributed by atoms with Gasteiger partial charge in [-0.05, 0) is 80.9 Å². The molecular weight excluding hydrogens is 364 g/mol. The van der Waals surface area contributed by atoms with Crippen molar-refractivity contribution in [3.63, 3.8) is 0 Å². The zero-order chi connectivity index (χ0) is 19.5. The van der Waals surface area contributed by atoms with Gasteiger partial charge >= 0.3 is 0 Å². The van der Waals surface area contributed by atoms with Crippen LogP contribution in [0.4, 0.5) is 0 Å². The number of hydrogen-bond acceptors (Lipinski definition) is 4. The monoisotopic (exact) mass is 390 g/mol. The number of hydrogen-bond donors (Lipinski definition) is 1. The Balaban J connectivity index is 1.25. The molecule has 150 valence electrons. The predicted octanol–water partition coefficient (Wildman–Crippen LogP) is 3.94. The highest BCUT2D eigenvalue weighted by Crippen LogP contribution is 2.53. The third-order valence-corrected chi connectivity index (χ3v) is 7.44. The van der Waals surface area contributed by atoms with Gasteiger partial charge in [0.2, 0.25) is 5.91 Å². The average molecular weight is 390 g/mol. The first-order chi connectivity index (χ1) is 14.2. The van der Waals surface area contributed by atoms with Crippen LogP contribution in [0, 0.1) is 30.6 Å². The van der Waals surface area contributed by atoms with Crippen molar-refractivity contribution in [2.75, 3.05) is 0 Å². The van der Waals surface area contributed by atoms with Gasteiger partial charge in [-0.1, -0.05) is 0 Å². The van der Waals surface area contributed by atoms with Crippen molar-refractivity contribution in [1.29, 1.82) is 0 Å². The van der Waals surface area contributed by atoms with Gasteiger partial charge in [0.25, 0.3) is 0 Å². The van der Waals surface area contributed by atoms with Gasteiger partial charge in [0.05, 0.1) is 17.3 Å². The zero-order valence-corrected chi connectivity index (χ0v) is 16.7. The Morgan fingerprint density at radius 3 is 2.62 bits per heavy atom. The normalized spacial score (nSPS) is 30.2. The second kappa shape index (κ2) is 6.44. The van der Waals surface area contributed by atoms with Crippen LogP contribution in [0.1, 0.15) is 37.8 Å². The van der Waals surface area contributed by atoms with Crippen molar-refractivity contribution in [1.82, 2.24) is 20.1 Å². The highest BCUT2D eigenvalue weighted by molar-refractivity contribution is 5.93. The van der Waals surface area contributed by atoms with Crippen LogP contribution >= 0.6 is 0 Å². The van der Waals surface area contributed by atoms with Crippen molar-refractivity contribution < 1.29 is 9.21 Å². The van der Waals surface area contributed by atoms with E-state index in [0.717, 1.165) is 39.9 Å². The van der Waals surface area contributed by atoms with Gasteiger partial charge in [-0.15, -0.1) is 0 Å². The maximum absolute atomic E-state index is 13.0. The topological polar surface area (TPSA) is 73.0 Å². The van der Waals surface area contributed by atoms with E-state index in [1.54, 1.807) is 17.1 Å². The van der Waals surface area contributed by atoms with Gasteiger partial charge in [-0.25, -0.2) is 9.67 Å². The number of amides is 1. The number of nitrogens with zero attached hydrogens (tertiary/aromatic N) is 3. The zero-order valence-electron chi connectivity index (χ0n) is 16.7. The predicted molar refractivity (Wildman–Crippen MR) is 109 cm³/mol. The summed E-state index contributed by atoms with van der Waals surface area (Å²) in [6.07, 6.45) is 10.1. The van der Waals surface area contributed by atoms with E-state index in [0.29, 0.717) is 17.9 Å². The minimum absolute atomic E-state index is 0.0528. The number of furan rings is 1. The highest BCUT2D eigenvalue weighted by Gasteiger charge is 2.48. The first-order valence-electron chi connectivity index (χ1n) is 10.8. The van der Waals surface area contributed by atoms with Crippen LogP contribution < -0.4 is 5.32 Å². The molecule has 4 bridgehead atoms. The van der Waals surface area contributed by atoms with Crippen LogP contribution in [0.25, 0.3) is 22.4 Å². The quantitative estimate of drug-likeness (QED) is 0.732. The fourth-order valence-corrected chi connectivity index (χ4v) is 6.56. The molecule has 0 radical (unpaired) electrons. The SMILES string of the molecule is Cc1nn(CC(=O)NC2C3CC4CC(C3)CC2C4)c2nccc(-c3ccco3)c12. The molecule has 3 aromatic rings. The molecule has 7 rings (SSSR count). The lowest BCUT2D eigenvalue weighted by molar-refractivity contribution is -0.125. The van der Waals surface area contributed by atoms with Crippen molar-refractivity contribution in [2.24, 2.45) is 23.7 Å². The van der Waals surface area contributed by atoms with Crippen molar-refractivity contribution in [2.45, 2.75) is 51.6 Å². The molecule has 0 aliphatic heterocycles. The molecule has 0 unspecified atom stereocenters. The summed E-state index contributed by atoms with van der Waals surface area (Å²) >= 11 is 0. The van der Waals surface area contributed by atoms with E-state index in [4.69, 9.17) is 4.42 Å². The van der Waals surface area contributed by atoms with Crippen LogP contribution in [0.15, 0.2) is 35.1 Å². The number of pyridine rings is 1. The summed E-state index contributed by atoms with van der Waals surface area (Å²) in [7, 11) is 0. The van der Waals surface area contributed by atoms with Gasteiger partial charge in [0, 0.05) is 17.8 Å². The molecule has 0 atom stereocenters. The van der Waals surface area contributed by atoms with E-state index in [1.165, 1.54) is 32.1 Å². The Hall–Kier alpha value is -2.63. The van der Waals surface area contributed by atoms with Gasteiger partial charge in [-0.3, -0.25) is 4.79 Å². The van der Waals surface area contributed by atoms with E-state index in [1.807, 2.05) is 25.1 Å². The van der Waals surface area contributed by atoms with Gasteiger partial charge < -0.3 is 9.73 Å². The molecule has 4 saturated carbocycles. The van der Waals surface area contributed by atoms with Gasteiger partial charge in [0.1, 0.15) is 12.3 Å². The van der Waals surface area contributed by atoms with Crippen LogP contribution in [0.3, 0.4) is 0 Å². The van der Waals surface area contributed by atoms with Gasteiger partial charge in [0.15, 0.2) is 5.65 Å². The third kappa shape index (κ3) is 2.80. The van der Waals surface area contributed by atoms with Crippen LogP contribution in [-0.4, -0.2) is 26.7 Å². The lowest BCUT2D eigenvalue weighted by Gasteiger charge is -2.54. The molecule has 0 spiro atoms. The highest BCUT2D eigenvalue weighted by atomic mass is 16.3. The lowest BCUT2D eigenvalue weighted by atomic mass is 9.54. The summed E-state index contributed by atoms with van der Waals surface area (Å²) in [4.78, 5) is 17.5. The summed E-state index contributed by atoms with van der Waals surface area (Å²) in [6.45, 7) is 2.17. The molecule has 0 saturated heterocycles. The first kappa shape index (κ1) is 17.2. The molecule has 3 aromatic heterocycles. The van der Waals surface area contributed by atoms with E-state index >= 15 is 0 Å². The van der Waals surface area contributed by atoms with E-state index in [9.17, 15) is 4.79 Å². The number of carbonyl (C=O) groups excluding carboxylic acids is 1. The summed E-state index contributed by atoms with van der Waals surface area (Å²) in [5.41, 5.74) is 2.56. The molecule has 4 aliphatic rings. The molecule has 3 heterocycles. The van der Waals surface area contributed by atoms with Crippen LogP contribution in [0.5, 0.6) is 0 Å². The van der Waals surface area contributed by atoms with E-state index in [2.05, 4.69) is 15.4 Å². The van der Waals surface area contributed by atoms with Gasteiger partial charge in [-0.2, -0.15) is 5.10 Å². The Bertz CT molecular complexity index is 1040. The van der Waals surface area contributed by atoms with Crippen molar-refractivity contribution in [3.8, 4) is 11.3 Å². The van der Waals surface area contributed by atoms with E-state index in [-0.39, 0.29) is 12.5 Å². The molecule has 6 nitrogen and oxygen atoms in total. The van der Waals surface area contributed by atoms with Crippen LogP contribution in [0.2, 0.25) is 0 Å². The molecule has 6 heteroatoms. The number of nitrogens with one attached hydrogen (secondary N) is 1. The largest absolute Gasteiger partial charge is 0.464 e. The Kier molecular flexibility index (Phi) is 3.83. The smallest absolute Gasteiger partial charge is 0.242 e. The summed E-state index contributed by atoms with van der Waals surface area (Å²) in [5, 5.41) is 8.97. The summed E-state index contributed by atoms with van der Waals surface area (Å²) in [5.74, 6) is 4.01. The van der Waals surface area contributed by atoms with Crippen molar-refractivity contribution in [3.05, 3.63) is 36.4 Å². The fourth-order valence-electron chi connectivity index (χ4n) is 6.56. The number of aryl methyl sites for hydroxylation is 1. The summed E-state index contributed by atoms with van der Waals surface area (Å²) < 4.78 is 7.32. The first-order valence-corrected chi connectivity index (χ1v) is 10.8. The third-order valence-electron chi connectivity index (χ3n) is 7.44. The number of rotatable bonds is 4. The Morgan fingerprint density at radius 2 is 1.93 bits per heavy atom. The molecule has 1 N–H and O–H groups in total. The van der Waals surface area contributed by atoms with Crippen LogP contribution in [-0.2, 0) is 11.3 Å². The molecular formula is C23H26N4O2. The number of aromatic nitrogens is 3. The Morgan fingerprint density at radius 1 is 1.17 bits per heavy atom. The standard InChI is InChI=1S/C23H26N4O2/c1-13-21-18(19-3-2-6-29-19)4-5-24-23(21)27(26-13)12-20(28)25-22-16-8-14-7-15(10-16)11-17(22)9-14/h2-6,14-17,22H,7-12H2,1H3,(H,25,28). The molecule has 29 heavy (non-hydrogen) atoms. The maximum Gasteiger partial charge on any atom is 0.242 e. The lowest BCUT2D eigenvalue weighted by Crippen LogP contribution is -2.56. The fraction of sp³-hybridized carbons (Fsp3) is 0.522. The molecule has 4 fully saturated rings. The molecule has 4 aliphatic carbocycles. The van der Waals surface area contributed by atoms with E-state index < -0.39 is 0 Å². The minimum atomic E-state index is 0.0528. The number of fused-ring (bicyclic) bond motifs is 1.